The molecule has 2 aromatic carbocycles. The summed E-state index contributed by atoms with van der Waals surface area (Å²) in [7, 11) is 0. The number of nitrogens with one attached hydrogen (secondary N) is 1. The highest BCUT2D eigenvalue weighted by atomic mass is 16.6. The van der Waals surface area contributed by atoms with E-state index in [1.54, 1.807) is 24.3 Å². The van der Waals surface area contributed by atoms with Crippen molar-refractivity contribution >= 4 is 23.9 Å². The molecule has 0 unspecified atom stereocenters. The summed E-state index contributed by atoms with van der Waals surface area (Å²) in [5, 5.41) is 2.79. The van der Waals surface area contributed by atoms with Crippen molar-refractivity contribution < 1.29 is 23.9 Å². The molecular weight excluding hydrogens is 346 g/mol. The van der Waals surface area contributed by atoms with Gasteiger partial charge in [0.2, 0.25) is 0 Å². The Labute approximate surface area is 158 Å². The summed E-state index contributed by atoms with van der Waals surface area (Å²) in [4.78, 5) is 34.8. The van der Waals surface area contributed by atoms with Gasteiger partial charge in [0.25, 0.3) is 5.91 Å². The van der Waals surface area contributed by atoms with Gasteiger partial charge in [0.05, 0.1) is 0 Å². The number of amides is 1. The highest BCUT2D eigenvalue weighted by Crippen LogP contribution is 2.23. The summed E-state index contributed by atoms with van der Waals surface area (Å²) < 4.78 is 10.4. The molecule has 0 spiro atoms. The first-order valence-corrected chi connectivity index (χ1v) is 8.68. The fraction of sp³-hybridized carbons (Fsp3) is 0.286. The summed E-state index contributed by atoms with van der Waals surface area (Å²) in [5.41, 5.74) is 2.22. The number of hydrogen-bond acceptors (Lipinski definition) is 5. The second-order valence-electron chi connectivity index (χ2n) is 6.34. The van der Waals surface area contributed by atoms with Crippen LogP contribution in [0, 0.1) is 0 Å². The Morgan fingerprint density at radius 1 is 1.04 bits per heavy atom. The number of para-hydroxylation sites is 1. The molecule has 1 amide bonds. The molecule has 0 fully saturated rings. The Kier molecular flexibility index (Phi) is 7.11. The van der Waals surface area contributed by atoms with Gasteiger partial charge >= 0.3 is 5.97 Å². The van der Waals surface area contributed by atoms with Crippen LogP contribution in [0.25, 0.3) is 0 Å². The van der Waals surface area contributed by atoms with Crippen LogP contribution in [0.4, 0.5) is 5.69 Å². The highest BCUT2D eigenvalue weighted by molar-refractivity contribution is 5.95. The van der Waals surface area contributed by atoms with E-state index < -0.39 is 18.0 Å². The van der Waals surface area contributed by atoms with Gasteiger partial charge in [-0.1, -0.05) is 32.0 Å². The van der Waals surface area contributed by atoms with E-state index in [4.69, 9.17) is 9.47 Å². The number of ether oxygens (including phenoxy) is 2. The zero-order valence-electron chi connectivity index (χ0n) is 15.6. The van der Waals surface area contributed by atoms with Gasteiger partial charge in [-0.05, 0) is 48.7 Å². The maximum atomic E-state index is 12.3. The van der Waals surface area contributed by atoms with E-state index in [-0.39, 0.29) is 12.5 Å². The number of esters is 1. The molecule has 1 atom stereocenters. The molecule has 1 N–H and O–H groups in total. The van der Waals surface area contributed by atoms with Crippen LogP contribution in [0.3, 0.4) is 0 Å². The minimum atomic E-state index is -0.959. The van der Waals surface area contributed by atoms with Crippen LogP contribution in [0.1, 0.15) is 42.6 Å². The van der Waals surface area contributed by atoms with Crippen molar-refractivity contribution in [2.24, 2.45) is 0 Å². The lowest BCUT2D eigenvalue weighted by Gasteiger charge is -2.17. The first-order chi connectivity index (χ1) is 12.9. The molecule has 0 aliphatic heterocycles. The maximum absolute atomic E-state index is 12.3. The summed E-state index contributed by atoms with van der Waals surface area (Å²) in [5.74, 6) is -0.389. The second kappa shape index (κ2) is 9.52. The Hall–Kier alpha value is -3.15. The molecule has 0 aliphatic carbocycles. The third kappa shape index (κ3) is 5.95. The molecule has 142 valence electrons. The number of aldehydes is 1. The molecule has 0 bridgehead atoms. The van der Waals surface area contributed by atoms with Crippen molar-refractivity contribution in [1.82, 2.24) is 0 Å². The van der Waals surface area contributed by atoms with Gasteiger partial charge in [0.1, 0.15) is 12.0 Å². The molecule has 2 rings (SSSR count). The fourth-order valence-electron chi connectivity index (χ4n) is 2.42. The summed E-state index contributed by atoms with van der Waals surface area (Å²) in [6.07, 6.45) is -0.241. The van der Waals surface area contributed by atoms with E-state index in [1.807, 2.05) is 38.1 Å². The van der Waals surface area contributed by atoms with Gasteiger partial charge in [-0.25, -0.2) is 4.79 Å². The van der Waals surface area contributed by atoms with Gasteiger partial charge in [0.15, 0.2) is 12.7 Å². The average Bonchev–Trinajstić information content (AvgIpc) is 2.67. The predicted octanol–water partition coefficient (Wildman–Crippen LogP) is 3.57. The Bertz CT molecular complexity index is 798. The minimum absolute atomic E-state index is 0.248. The molecule has 6 nitrogen and oxygen atoms in total. The summed E-state index contributed by atoms with van der Waals surface area (Å²) in [6, 6.07) is 13.8. The van der Waals surface area contributed by atoms with E-state index in [2.05, 4.69) is 5.32 Å². The Morgan fingerprint density at radius 2 is 1.70 bits per heavy atom. The normalized spacial score (nSPS) is 11.6. The van der Waals surface area contributed by atoms with E-state index in [1.165, 1.54) is 6.92 Å². The summed E-state index contributed by atoms with van der Waals surface area (Å²) in [6.45, 7) is 5.24. The van der Waals surface area contributed by atoms with Crippen molar-refractivity contribution in [3.05, 3.63) is 59.7 Å². The molecule has 0 aliphatic rings. The first-order valence-electron chi connectivity index (χ1n) is 8.68. The molecule has 6 heteroatoms. The van der Waals surface area contributed by atoms with Crippen LogP contribution < -0.4 is 10.1 Å². The minimum Gasteiger partial charge on any atom is -0.482 e. The molecule has 27 heavy (non-hydrogen) atoms. The lowest BCUT2D eigenvalue weighted by atomic mass is 10.0. The number of carbonyl (C=O) groups excluding carboxylic acids is 3. The molecule has 2 aromatic rings. The zero-order chi connectivity index (χ0) is 19.8. The third-order valence-corrected chi connectivity index (χ3v) is 3.89. The molecular formula is C21H23NO5. The zero-order valence-corrected chi connectivity index (χ0v) is 15.6. The van der Waals surface area contributed by atoms with Crippen molar-refractivity contribution in [2.45, 2.75) is 32.8 Å². The van der Waals surface area contributed by atoms with Gasteiger partial charge in [-0.3, -0.25) is 9.59 Å². The van der Waals surface area contributed by atoms with Crippen molar-refractivity contribution in [2.75, 3.05) is 11.9 Å². The Morgan fingerprint density at radius 3 is 2.33 bits per heavy atom. The number of rotatable bonds is 8. The average molecular weight is 369 g/mol. The molecule has 0 radical (unpaired) electrons. The van der Waals surface area contributed by atoms with E-state index in [0.717, 1.165) is 11.8 Å². The SMILES string of the molecule is CC(C)c1ccccc1NC(=O)[C@H](C)OC(=O)COc1ccc(C=O)cc1. The number of anilines is 1. The maximum Gasteiger partial charge on any atom is 0.344 e. The molecule has 0 aromatic heterocycles. The fourth-order valence-corrected chi connectivity index (χ4v) is 2.42. The van der Waals surface area contributed by atoms with Crippen LogP contribution in [-0.4, -0.2) is 30.9 Å². The van der Waals surface area contributed by atoms with E-state index in [0.29, 0.717) is 17.0 Å². The van der Waals surface area contributed by atoms with Crippen LogP contribution in [-0.2, 0) is 14.3 Å². The summed E-state index contributed by atoms with van der Waals surface area (Å²) >= 11 is 0. The van der Waals surface area contributed by atoms with Crippen LogP contribution in [0.2, 0.25) is 0 Å². The van der Waals surface area contributed by atoms with Crippen LogP contribution >= 0.6 is 0 Å². The van der Waals surface area contributed by atoms with Gasteiger partial charge < -0.3 is 14.8 Å². The van der Waals surface area contributed by atoms with Crippen molar-refractivity contribution in [3.8, 4) is 5.75 Å². The van der Waals surface area contributed by atoms with Crippen molar-refractivity contribution in [1.29, 1.82) is 0 Å². The molecule has 0 saturated heterocycles. The largest absolute Gasteiger partial charge is 0.482 e. The standard InChI is InChI=1S/C21H23NO5/c1-14(2)18-6-4-5-7-19(18)22-21(25)15(3)27-20(24)13-26-17-10-8-16(12-23)9-11-17/h4-12,14-15H,13H2,1-3H3,(H,22,25)/t15-/m0/s1. The van der Waals surface area contributed by atoms with Crippen LogP contribution in [0.15, 0.2) is 48.5 Å². The number of benzene rings is 2. The van der Waals surface area contributed by atoms with Crippen molar-refractivity contribution in [3.63, 3.8) is 0 Å². The molecule has 0 heterocycles. The van der Waals surface area contributed by atoms with Gasteiger partial charge in [0, 0.05) is 11.3 Å². The number of hydrogen-bond donors (Lipinski definition) is 1. The van der Waals surface area contributed by atoms with Crippen LogP contribution in [0.5, 0.6) is 5.75 Å². The van der Waals surface area contributed by atoms with E-state index >= 15 is 0 Å². The van der Waals surface area contributed by atoms with Gasteiger partial charge in [-0.2, -0.15) is 0 Å². The lowest BCUT2D eigenvalue weighted by Crippen LogP contribution is -2.32. The van der Waals surface area contributed by atoms with E-state index in [9.17, 15) is 14.4 Å². The first kappa shape index (κ1) is 20.2. The monoisotopic (exact) mass is 369 g/mol. The third-order valence-electron chi connectivity index (χ3n) is 3.89. The second-order valence-corrected chi connectivity index (χ2v) is 6.34. The number of carbonyl (C=O) groups is 3. The van der Waals surface area contributed by atoms with Gasteiger partial charge in [-0.15, -0.1) is 0 Å². The Balaban J connectivity index is 1.86. The highest BCUT2D eigenvalue weighted by Gasteiger charge is 2.19. The topological polar surface area (TPSA) is 81.7 Å². The predicted molar refractivity (Wildman–Crippen MR) is 102 cm³/mol. The lowest BCUT2D eigenvalue weighted by molar-refractivity contribution is -0.155. The smallest absolute Gasteiger partial charge is 0.344 e. The molecule has 0 saturated carbocycles. The quantitative estimate of drug-likeness (QED) is 0.568.